The van der Waals surface area contributed by atoms with Gasteiger partial charge in [0.15, 0.2) is 0 Å². The normalized spacial score (nSPS) is 10.9. The van der Waals surface area contributed by atoms with Gasteiger partial charge in [0.05, 0.1) is 15.2 Å². The second-order valence-corrected chi connectivity index (χ2v) is 6.15. The molecule has 0 aliphatic carbocycles. The van der Waals surface area contributed by atoms with Crippen molar-refractivity contribution in [1.82, 2.24) is 4.90 Å². The number of carbonyl (C=O) groups excluding carboxylic acids is 1. The zero-order valence-corrected chi connectivity index (χ0v) is 12.2. The monoisotopic (exact) mass is 345 g/mol. The fourth-order valence-corrected chi connectivity index (χ4v) is 2.97. The van der Waals surface area contributed by atoms with E-state index in [9.17, 15) is 13.6 Å². The molecular weight excluding hydrogens is 336 g/mol. The van der Waals surface area contributed by atoms with Crippen LogP contribution in [0.2, 0.25) is 0 Å². The third-order valence-electron chi connectivity index (χ3n) is 2.07. The Morgan fingerprint density at radius 3 is 2.71 bits per heavy atom. The summed E-state index contributed by atoms with van der Waals surface area (Å²) in [7, 11) is 0. The molecule has 0 aliphatic rings. The number of aryl methyl sites for hydroxylation is 1. The quantitative estimate of drug-likeness (QED) is 0.743. The van der Waals surface area contributed by atoms with E-state index in [1.165, 1.54) is 11.3 Å². The fourth-order valence-electron chi connectivity index (χ4n) is 1.27. The van der Waals surface area contributed by atoms with Gasteiger partial charge < -0.3 is 4.90 Å². The summed E-state index contributed by atoms with van der Waals surface area (Å²) in [5.41, 5.74) is 0.918. The SMILES string of the molecule is Cc1cc(C(=O)N(CCCl)CC(F)F)sc1Br. The summed E-state index contributed by atoms with van der Waals surface area (Å²) in [5.74, 6) is -0.256. The molecular formula is C10H11BrClF2NOS. The Bertz CT molecular complexity index is 380. The lowest BCUT2D eigenvalue weighted by Crippen LogP contribution is -2.36. The number of hydrogen-bond acceptors (Lipinski definition) is 2. The van der Waals surface area contributed by atoms with E-state index in [2.05, 4.69) is 15.9 Å². The molecule has 1 aromatic rings. The Balaban J connectivity index is 2.83. The highest BCUT2D eigenvalue weighted by molar-refractivity contribution is 9.11. The summed E-state index contributed by atoms with van der Waals surface area (Å²) >= 11 is 10.0. The van der Waals surface area contributed by atoms with Gasteiger partial charge in [-0.25, -0.2) is 8.78 Å². The van der Waals surface area contributed by atoms with Crippen LogP contribution < -0.4 is 0 Å². The number of amides is 1. The predicted molar refractivity (Wildman–Crippen MR) is 69.4 cm³/mol. The highest BCUT2D eigenvalue weighted by Gasteiger charge is 2.21. The summed E-state index contributed by atoms with van der Waals surface area (Å²) in [6, 6.07) is 1.68. The molecule has 0 N–H and O–H groups in total. The lowest BCUT2D eigenvalue weighted by atomic mass is 10.3. The van der Waals surface area contributed by atoms with Crippen LogP contribution in [0.5, 0.6) is 0 Å². The molecule has 1 aromatic heterocycles. The van der Waals surface area contributed by atoms with Crippen molar-refractivity contribution < 1.29 is 13.6 Å². The minimum atomic E-state index is -2.55. The molecule has 2 nitrogen and oxygen atoms in total. The molecule has 1 heterocycles. The van der Waals surface area contributed by atoms with Gasteiger partial charge in [0.1, 0.15) is 0 Å². The molecule has 0 unspecified atom stereocenters. The third kappa shape index (κ3) is 4.19. The van der Waals surface area contributed by atoms with Gasteiger partial charge in [-0.2, -0.15) is 0 Å². The van der Waals surface area contributed by atoms with Crippen molar-refractivity contribution in [3.05, 3.63) is 20.3 Å². The van der Waals surface area contributed by atoms with Crippen molar-refractivity contribution >= 4 is 44.8 Å². The summed E-state index contributed by atoms with van der Waals surface area (Å²) < 4.78 is 25.5. The number of thiophene rings is 1. The lowest BCUT2D eigenvalue weighted by Gasteiger charge is -2.20. The van der Waals surface area contributed by atoms with Gasteiger partial charge in [0.2, 0.25) is 0 Å². The topological polar surface area (TPSA) is 20.3 Å². The number of nitrogens with zero attached hydrogens (tertiary/aromatic N) is 1. The molecule has 0 aromatic carbocycles. The zero-order valence-electron chi connectivity index (χ0n) is 9.05. The van der Waals surface area contributed by atoms with Crippen LogP contribution in [-0.4, -0.2) is 36.2 Å². The molecule has 7 heteroatoms. The van der Waals surface area contributed by atoms with Crippen molar-refractivity contribution in [2.75, 3.05) is 19.0 Å². The van der Waals surface area contributed by atoms with Crippen molar-refractivity contribution in [2.24, 2.45) is 0 Å². The first-order valence-electron chi connectivity index (χ1n) is 4.85. The molecule has 1 rings (SSSR count). The van der Waals surface area contributed by atoms with E-state index in [-0.39, 0.29) is 12.4 Å². The highest BCUT2D eigenvalue weighted by atomic mass is 79.9. The summed E-state index contributed by atoms with van der Waals surface area (Å²) in [6.07, 6.45) is -2.55. The van der Waals surface area contributed by atoms with Gasteiger partial charge in [0, 0.05) is 12.4 Å². The number of alkyl halides is 3. The number of carbonyl (C=O) groups is 1. The smallest absolute Gasteiger partial charge is 0.264 e. The Morgan fingerprint density at radius 1 is 1.65 bits per heavy atom. The molecule has 96 valence electrons. The predicted octanol–water partition coefficient (Wildman–Crippen LogP) is 3.77. The van der Waals surface area contributed by atoms with Gasteiger partial charge in [-0.15, -0.1) is 22.9 Å². The maximum atomic E-state index is 12.3. The van der Waals surface area contributed by atoms with Gasteiger partial charge in [-0.1, -0.05) is 0 Å². The van der Waals surface area contributed by atoms with Gasteiger partial charge in [0.25, 0.3) is 12.3 Å². The minimum Gasteiger partial charge on any atom is -0.331 e. The van der Waals surface area contributed by atoms with Crippen LogP contribution >= 0.6 is 38.9 Å². The molecule has 0 radical (unpaired) electrons. The van der Waals surface area contributed by atoms with Crippen LogP contribution in [-0.2, 0) is 0 Å². The van der Waals surface area contributed by atoms with E-state index >= 15 is 0 Å². The minimum absolute atomic E-state index is 0.124. The molecule has 1 amide bonds. The molecule has 17 heavy (non-hydrogen) atoms. The Hall–Kier alpha value is -0.200. The van der Waals surface area contributed by atoms with Crippen molar-refractivity contribution in [3.8, 4) is 0 Å². The molecule has 0 fully saturated rings. The van der Waals surface area contributed by atoms with E-state index in [1.807, 2.05) is 6.92 Å². The van der Waals surface area contributed by atoms with E-state index in [4.69, 9.17) is 11.6 Å². The molecule has 0 saturated carbocycles. The van der Waals surface area contributed by atoms with Gasteiger partial charge in [-0.05, 0) is 34.5 Å². The number of hydrogen-bond donors (Lipinski definition) is 0. The Labute approximate surface area is 116 Å². The largest absolute Gasteiger partial charge is 0.331 e. The maximum absolute atomic E-state index is 12.3. The maximum Gasteiger partial charge on any atom is 0.264 e. The zero-order chi connectivity index (χ0) is 13.0. The van der Waals surface area contributed by atoms with Crippen molar-refractivity contribution in [1.29, 1.82) is 0 Å². The molecule has 0 saturated heterocycles. The fraction of sp³-hybridized carbons (Fsp3) is 0.500. The second-order valence-electron chi connectivity index (χ2n) is 3.40. The van der Waals surface area contributed by atoms with Crippen LogP contribution in [0.3, 0.4) is 0 Å². The third-order valence-corrected chi connectivity index (χ3v) is 4.36. The first-order chi connectivity index (χ1) is 7.95. The van der Waals surface area contributed by atoms with Crippen LogP contribution in [0.1, 0.15) is 15.2 Å². The molecule has 0 aliphatic heterocycles. The van der Waals surface area contributed by atoms with Crippen LogP contribution in [0.15, 0.2) is 9.85 Å². The van der Waals surface area contributed by atoms with E-state index in [0.29, 0.717) is 4.88 Å². The average molecular weight is 347 g/mol. The van der Waals surface area contributed by atoms with Crippen molar-refractivity contribution in [3.63, 3.8) is 0 Å². The van der Waals surface area contributed by atoms with Crippen molar-refractivity contribution in [2.45, 2.75) is 13.3 Å². The van der Waals surface area contributed by atoms with E-state index < -0.39 is 18.9 Å². The second kappa shape index (κ2) is 6.66. The Kier molecular flexibility index (Phi) is 5.82. The Morgan fingerprint density at radius 2 is 2.29 bits per heavy atom. The van der Waals surface area contributed by atoms with Gasteiger partial charge >= 0.3 is 0 Å². The van der Waals surface area contributed by atoms with Crippen LogP contribution in [0, 0.1) is 6.92 Å². The molecule has 0 atom stereocenters. The van der Waals surface area contributed by atoms with Gasteiger partial charge in [-0.3, -0.25) is 4.79 Å². The lowest BCUT2D eigenvalue weighted by molar-refractivity contribution is 0.0575. The van der Waals surface area contributed by atoms with Crippen LogP contribution in [0.25, 0.3) is 0 Å². The summed E-state index contributed by atoms with van der Waals surface area (Å²) in [4.78, 5) is 13.5. The molecule has 0 bridgehead atoms. The first-order valence-corrected chi connectivity index (χ1v) is 6.99. The average Bonchev–Trinajstić information content (AvgIpc) is 2.57. The number of halogens is 4. The standard InChI is InChI=1S/C10H11BrClF2NOS/c1-6-4-7(17-9(6)11)10(16)15(3-2-12)5-8(13)14/h4,8H,2-3,5H2,1H3. The first kappa shape index (κ1) is 14.9. The van der Waals surface area contributed by atoms with Crippen LogP contribution in [0.4, 0.5) is 8.78 Å². The highest BCUT2D eigenvalue weighted by Crippen LogP contribution is 2.28. The number of rotatable bonds is 5. The van der Waals surface area contributed by atoms with E-state index in [0.717, 1.165) is 14.2 Å². The van der Waals surface area contributed by atoms with E-state index in [1.54, 1.807) is 6.07 Å². The summed E-state index contributed by atoms with van der Waals surface area (Å²) in [5, 5.41) is 0. The molecule has 0 spiro atoms. The summed E-state index contributed by atoms with van der Waals surface area (Å²) in [6.45, 7) is 1.38.